The summed E-state index contributed by atoms with van der Waals surface area (Å²) >= 11 is 0. The number of ether oxygens (including phenoxy) is 1. The molecule has 8 heteroatoms. The second kappa shape index (κ2) is 8.62. The van der Waals surface area contributed by atoms with Gasteiger partial charge in [-0.25, -0.2) is 13.8 Å². The summed E-state index contributed by atoms with van der Waals surface area (Å²) in [5.41, 5.74) is 1.98. The third-order valence-corrected chi connectivity index (χ3v) is 5.24. The van der Waals surface area contributed by atoms with Crippen LogP contribution in [0.5, 0.6) is 5.75 Å². The lowest BCUT2D eigenvalue weighted by Crippen LogP contribution is -2.48. The highest BCUT2D eigenvalue weighted by Crippen LogP contribution is 2.20. The van der Waals surface area contributed by atoms with Crippen molar-refractivity contribution in [2.45, 2.75) is 6.54 Å². The van der Waals surface area contributed by atoms with E-state index in [0.717, 1.165) is 5.56 Å². The van der Waals surface area contributed by atoms with E-state index in [-0.39, 0.29) is 23.3 Å². The summed E-state index contributed by atoms with van der Waals surface area (Å²) in [6.07, 6.45) is 3.08. The minimum absolute atomic E-state index is 0.119. The molecule has 0 radical (unpaired) electrons. The largest absolute Gasteiger partial charge is 0.494 e. The Morgan fingerprint density at radius 1 is 1.07 bits per heavy atom. The number of nitrogens with zero attached hydrogens (tertiary/aromatic N) is 4. The normalized spacial score (nSPS) is 14.7. The number of halogens is 2. The van der Waals surface area contributed by atoms with Gasteiger partial charge in [-0.3, -0.25) is 14.3 Å². The van der Waals surface area contributed by atoms with Gasteiger partial charge in [0.15, 0.2) is 11.6 Å². The number of carbonyl (C=O) groups is 1. The number of hydrogen-bond donors (Lipinski definition) is 0. The van der Waals surface area contributed by atoms with Crippen molar-refractivity contribution in [3.8, 4) is 11.4 Å². The molecule has 1 amide bonds. The maximum absolute atomic E-state index is 13.9. The monoisotopic (exact) mass is 412 g/mol. The zero-order chi connectivity index (χ0) is 21.1. The Balaban J connectivity index is 1.39. The second-order valence-electron chi connectivity index (χ2n) is 7.16. The lowest BCUT2D eigenvalue weighted by molar-refractivity contribution is 0.0620. The number of aromatic nitrogens is 2. The molecule has 0 unspecified atom stereocenters. The molecule has 30 heavy (non-hydrogen) atoms. The van der Waals surface area contributed by atoms with Gasteiger partial charge in [0, 0.05) is 38.4 Å². The van der Waals surface area contributed by atoms with Gasteiger partial charge in [-0.2, -0.15) is 0 Å². The Bertz CT molecular complexity index is 1030. The quantitative estimate of drug-likeness (QED) is 0.646. The van der Waals surface area contributed by atoms with Crippen LogP contribution in [0.15, 0.2) is 55.0 Å². The van der Waals surface area contributed by atoms with Crippen LogP contribution in [-0.2, 0) is 6.54 Å². The summed E-state index contributed by atoms with van der Waals surface area (Å²) in [6, 6.07) is 10.9. The predicted octanol–water partition coefficient (Wildman–Crippen LogP) is 3.12. The summed E-state index contributed by atoms with van der Waals surface area (Å²) in [6.45, 7) is 3.10. The van der Waals surface area contributed by atoms with Crippen molar-refractivity contribution >= 4 is 5.91 Å². The highest BCUT2D eigenvalue weighted by atomic mass is 19.1. The van der Waals surface area contributed by atoms with E-state index in [4.69, 9.17) is 4.74 Å². The molecule has 4 rings (SSSR count). The summed E-state index contributed by atoms with van der Waals surface area (Å²) < 4.78 is 33.7. The number of amides is 1. The van der Waals surface area contributed by atoms with Gasteiger partial charge in [-0.1, -0.05) is 6.07 Å². The highest BCUT2D eigenvalue weighted by Gasteiger charge is 2.25. The second-order valence-corrected chi connectivity index (χ2v) is 7.16. The molecule has 2 aromatic carbocycles. The van der Waals surface area contributed by atoms with Crippen molar-refractivity contribution in [1.29, 1.82) is 0 Å². The molecule has 0 atom stereocenters. The van der Waals surface area contributed by atoms with E-state index in [0.29, 0.717) is 44.1 Å². The van der Waals surface area contributed by atoms with E-state index in [1.54, 1.807) is 34.0 Å². The predicted molar refractivity (Wildman–Crippen MR) is 108 cm³/mol. The molecule has 156 valence electrons. The zero-order valence-electron chi connectivity index (χ0n) is 16.6. The summed E-state index contributed by atoms with van der Waals surface area (Å²) in [5.74, 6) is -0.601. The molecule has 0 bridgehead atoms. The minimum Gasteiger partial charge on any atom is -0.494 e. The first-order valence-corrected chi connectivity index (χ1v) is 9.67. The van der Waals surface area contributed by atoms with Gasteiger partial charge in [0.05, 0.1) is 19.6 Å². The minimum atomic E-state index is -0.377. The fourth-order valence-electron chi connectivity index (χ4n) is 3.60. The fourth-order valence-corrected chi connectivity index (χ4v) is 3.60. The van der Waals surface area contributed by atoms with Crippen LogP contribution in [0.4, 0.5) is 8.78 Å². The average Bonchev–Trinajstić information content (AvgIpc) is 3.24. The Kier molecular flexibility index (Phi) is 5.76. The Hall–Kier alpha value is -3.26. The maximum Gasteiger partial charge on any atom is 0.272 e. The zero-order valence-corrected chi connectivity index (χ0v) is 16.6. The van der Waals surface area contributed by atoms with Crippen molar-refractivity contribution in [1.82, 2.24) is 19.4 Å². The molecule has 2 heterocycles. The van der Waals surface area contributed by atoms with E-state index >= 15 is 0 Å². The third-order valence-electron chi connectivity index (χ3n) is 5.24. The van der Waals surface area contributed by atoms with Gasteiger partial charge in [-0.05, 0) is 42.0 Å². The number of piperazine rings is 1. The molecule has 1 aliphatic rings. The number of imidazole rings is 1. The first-order chi connectivity index (χ1) is 14.5. The Morgan fingerprint density at radius 3 is 2.47 bits per heavy atom. The van der Waals surface area contributed by atoms with E-state index in [1.165, 1.54) is 31.5 Å². The summed E-state index contributed by atoms with van der Waals surface area (Å²) in [7, 11) is 1.44. The Labute approximate surface area is 173 Å². The molecule has 1 fully saturated rings. The lowest BCUT2D eigenvalue weighted by atomic mass is 10.1. The van der Waals surface area contributed by atoms with Crippen LogP contribution in [0.1, 0.15) is 16.1 Å². The SMILES string of the molecule is COc1ccc(CN2CCN(C(=O)c3cncn3-c3ccc(F)cc3)CC2)cc1F. The Morgan fingerprint density at radius 2 is 1.80 bits per heavy atom. The molecule has 0 N–H and O–H groups in total. The van der Waals surface area contributed by atoms with Crippen molar-refractivity contribution < 1.29 is 18.3 Å². The molecular formula is C22H22F2N4O2. The molecule has 0 spiro atoms. The number of benzene rings is 2. The van der Waals surface area contributed by atoms with E-state index in [9.17, 15) is 13.6 Å². The van der Waals surface area contributed by atoms with Gasteiger partial charge in [-0.15, -0.1) is 0 Å². The number of methoxy groups -OCH3 is 1. The van der Waals surface area contributed by atoms with Gasteiger partial charge in [0.1, 0.15) is 11.5 Å². The average molecular weight is 412 g/mol. The van der Waals surface area contributed by atoms with Crippen molar-refractivity contribution in [3.63, 3.8) is 0 Å². The van der Waals surface area contributed by atoms with Crippen molar-refractivity contribution in [2.75, 3.05) is 33.3 Å². The number of hydrogen-bond acceptors (Lipinski definition) is 4. The van der Waals surface area contributed by atoms with Gasteiger partial charge in [0.25, 0.3) is 5.91 Å². The fraction of sp³-hybridized carbons (Fsp3) is 0.273. The number of carbonyl (C=O) groups excluding carboxylic acids is 1. The molecule has 3 aromatic rings. The van der Waals surface area contributed by atoms with Crippen LogP contribution in [0, 0.1) is 11.6 Å². The molecule has 6 nitrogen and oxygen atoms in total. The van der Waals surface area contributed by atoms with Crippen molar-refractivity contribution in [3.05, 3.63) is 77.9 Å². The van der Waals surface area contributed by atoms with Gasteiger partial charge in [0.2, 0.25) is 0 Å². The van der Waals surface area contributed by atoms with Crippen LogP contribution >= 0.6 is 0 Å². The first-order valence-electron chi connectivity index (χ1n) is 9.67. The van der Waals surface area contributed by atoms with Crippen LogP contribution in [0.25, 0.3) is 5.69 Å². The molecular weight excluding hydrogens is 390 g/mol. The molecule has 1 saturated heterocycles. The standard InChI is InChI=1S/C22H22F2N4O2/c1-30-21-7-2-16(12-19(21)24)14-26-8-10-27(11-9-26)22(29)20-13-25-15-28(20)18-5-3-17(23)4-6-18/h2-7,12-13,15H,8-11,14H2,1H3. The molecule has 0 saturated carbocycles. The van der Waals surface area contributed by atoms with E-state index in [2.05, 4.69) is 9.88 Å². The third kappa shape index (κ3) is 4.18. The van der Waals surface area contributed by atoms with E-state index in [1.807, 2.05) is 6.07 Å². The van der Waals surface area contributed by atoms with Crippen LogP contribution < -0.4 is 4.74 Å². The lowest BCUT2D eigenvalue weighted by Gasteiger charge is -2.34. The number of rotatable bonds is 5. The van der Waals surface area contributed by atoms with Crippen LogP contribution in [0.3, 0.4) is 0 Å². The molecule has 1 aromatic heterocycles. The first kappa shape index (κ1) is 20.0. The van der Waals surface area contributed by atoms with Crippen LogP contribution in [0.2, 0.25) is 0 Å². The van der Waals surface area contributed by atoms with Gasteiger partial charge >= 0.3 is 0 Å². The highest BCUT2D eigenvalue weighted by molar-refractivity contribution is 5.93. The molecule has 0 aliphatic carbocycles. The summed E-state index contributed by atoms with van der Waals surface area (Å²) in [5, 5.41) is 0. The van der Waals surface area contributed by atoms with Crippen LogP contribution in [-0.4, -0.2) is 58.5 Å². The smallest absolute Gasteiger partial charge is 0.272 e. The maximum atomic E-state index is 13.9. The van der Waals surface area contributed by atoms with Gasteiger partial charge < -0.3 is 9.64 Å². The van der Waals surface area contributed by atoms with E-state index < -0.39 is 0 Å². The summed E-state index contributed by atoms with van der Waals surface area (Å²) in [4.78, 5) is 21.1. The van der Waals surface area contributed by atoms with Crippen molar-refractivity contribution in [2.24, 2.45) is 0 Å². The molecule has 1 aliphatic heterocycles. The topological polar surface area (TPSA) is 50.6 Å².